The largest absolute Gasteiger partial charge is 0.405 e. The van der Waals surface area contributed by atoms with Crippen LogP contribution in [0.5, 0.6) is 0 Å². The van der Waals surface area contributed by atoms with Crippen LogP contribution in [-0.4, -0.2) is 36.1 Å². The van der Waals surface area contributed by atoms with Gasteiger partial charge in [-0.25, -0.2) is 0 Å². The summed E-state index contributed by atoms with van der Waals surface area (Å²) in [4.78, 5) is 28.5. The van der Waals surface area contributed by atoms with Crippen LogP contribution >= 0.6 is 0 Å². The summed E-state index contributed by atoms with van der Waals surface area (Å²) in [5.41, 5.74) is 2.47. The SMILES string of the molecule is CCc1nc2ccccc2c(C(=O)NCC(=O)NCC(F)(F)F)c1C. The lowest BCUT2D eigenvalue weighted by atomic mass is 9.99. The monoisotopic (exact) mass is 353 g/mol. The van der Waals surface area contributed by atoms with Crippen LogP contribution in [0.3, 0.4) is 0 Å². The van der Waals surface area contributed by atoms with Crippen LogP contribution in [0.1, 0.15) is 28.5 Å². The minimum absolute atomic E-state index is 0.381. The first kappa shape index (κ1) is 18.7. The van der Waals surface area contributed by atoms with Crippen molar-refractivity contribution in [3.8, 4) is 0 Å². The number of carbonyl (C=O) groups excluding carboxylic acids is 2. The number of pyridine rings is 1. The van der Waals surface area contributed by atoms with Crippen molar-refractivity contribution >= 4 is 22.7 Å². The van der Waals surface area contributed by atoms with E-state index in [1.54, 1.807) is 36.5 Å². The summed E-state index contributed by atoms with van der Waals surface area (Å²) in [6.45, 7) is 1.71. The standard InChI is InChI=1S/C17H18F3N3O2/c1-3-12-10(2)15(11-6-4-5-7-13(11)23-12)16(25)21-8-14(24)22-9-17(18,19)20/h4-7H,3,8-9H2,1-2H3,(H,21,25)(H,22,24). The zero-order valence-corrected chi connectivity index (χ0v) is 13.8. The fourth-order valence-corrected chi connectivity index (χ4v) is 2.51. The van der Waals surface area contributed by atoms with Gasteiger partial charge in [0, 0.05) is 11.1 Å². The van der Waals surface area contributed by atoms with Gasteiger partial charge in [0.1, 0.15) is 6.54 Å². The zero-order chi connectivity index (χ0) is 18.6. The normalized spacial score (nSPS) is 11.4. The molecule has 2 aromatic rings. The molecule has 0 radical (unpaired) electrons. The maximum atomic E-state index is 12.5. The second kappa shape index (κ2) is 7.50. The van der Waals surface area contributed by atoms with E-state index in [1.807, 2.05) is 6.92 Å². The number of alkyl halides is 3. The third-order valence-corrected chi connectivity index (χ3v) is 3.69. The van der Waals surface area contributed by atoms with Crippen molar-refractivity contribution in [1.82, 2.24) is 15.6 Å². The van der Waals surface area contributed by atoms with Crippen LogP contribution in [0.2, 0.25) is 0 Å². The number of rotatable bonds is 5. The topological polar surface area (TPSA) is 71.1 Å². The number of fused-ring (bicyclic) bond motifs is 1. The van der Waals surface area contributed by atoms with Gasteiger partial charge in [-0.1, -0.05) is 25.1 Å². The number of carbonyl (C=O) groups is 2. The van der Waals surface area contributed by atoms with Gasteiger partial charge in [-0.2, -0.15) is 13.2 Å². The van der Waals surface area contributed by atoms with E-state index >= 15 is 0 Å². The molecule has 0 atom stereocenters. The van der Waals surface area contributed by atoms with E-state index in [-0.39, 0.29) is 0 Å². The molecule has 0 aliphatic carbocycles. The molecular formula is C17H18F3N3O2. The molecule has 0 spiro atoms. The highest BCUT2D eigenvalue weighted by molar-refractivity contribution is 6.08. The quantitative estimate of drug-likeness (QED) is 0.868. The molecule has 1 aromatic carbocycles. The zero-order valence-electron chi connectivity index (χ0n) is 13.8. The number of aromatic nitrogens is 1. The van der Waals surface area contributed by atoms with Gasteiger partial charge < -0.3 is 10.6 Å². The molecule has 8 heteroatoms. The average molecular weight is 353 g/mol. The molecule has 5 nitrogen and oxygen atoms in total. The highest BCUT2D eigenvalue weighted by atomic mass is 19.4. The Kier molecular flexibility index (Phi) is 5.61. The van der Waals surface area contributed by atoms with Crippen molar-refractivity contribution in [3.05, 3.63) is 41.1 Å². The Morgan fingerprint density at radius 1 is 1.16 bits per heavy atom. The van der Waals surface area contributed by atoms with E-state index in [1.165, 1.54) is 0 Å². The number of para-hydroxylation sites is 1. The minimum Gasteiger partial charge on any atom is -0.345 e. The molecule has 1 heterocycles. The molecule has 0 bridgehead atoms. The minimum atomic E-state index is -4.49. The molecule has 134 valence electrons. The Bertz CT molecular complexity index is 804. The molecule has 2 amide bonds. The summed E-state index contributed by atoms with van der Waals surface area (Å²) in [7, 11) is 0. The number of hydrogen-bond acceptors (Lipinski definition) is 3. The van der Waals surface area contributed by atoms with Gasteiger partial charge in [0.25, 0.3) is 5.91 Å². The lowest BCUT2D eigenvalue weighted by Crippen LogP contribution is -2.41. The molecule has 1 aromatic heterocycles. The number of amides is 2. The highest BCUT2D eigenvalue weighted by Crippen LogP contribution is 2.23. The summed E-state index contributed by atoms with van der Waals surface area (Å²) in [6.07, 6.45) is -3.86. The second-order valence-electron chi connectivity index (χ2n) is 5.50. The van der Waals surface area contributed by atoms with Crippen molar-refractivity contribution in [3.63, 3.8) is 0 Å². The van der Waals surface area contributed by atoms with Crippen LogP contribution in [0.25, 0.3) is 10.9 Å². The first-order valence-corrected chi connectivity index (χ1v) is 7.72. The third-order valence-electron chi connectivity index (χ3n) is 3.69. The van der Waals surface area contributed by atoms with Crippen LogP contribution in [-0.2, 0) is 11.2 Å². The fraction of sp³-hybridized carbons (Fsp3) is 0.353. The Morgan fingerprint density at radius 2 is 1.84 bits per heavy atom. The first-order valence-electron chi connectivity index (χ1n) is 7.72. The van der Waals surface area contributed by atoms with Crippen molar-refractivity contribution in [1.29, 1.82) is 0 Å². The van der Waals surface area contributed by atoms with E-state index in [4.69, 9.17) is 0 Å². The van der Waals surface area contributed by atoms with Gasteiger partial charge in [0.2, 0.25) is 5.91 Å². The first-order chi connectivity index (χ1) is 11.7. The predicted octanol–water partition coefficient (Wildman–Crippen LogP) is 2.51. The molecule has 0 saturated carbocycles. The number of nitrogens with one attached hydrogen (secondary N) is 2. The Hall–Kier alpha value is -2.64. The Balaban J connectivity index is 2.19. The van der Waals surface area contributed by atoms with Gasteiger partial charge in [-0.3, -0.25) is 14.6 Å². The van der Waals surface area contributed by atoms with Gasteiger partial charge >= 0.3 is 6.18 Å². The van der Waals surface area contributed by atoms with E-state index in [0.29, 0.717) is 28.5 Å². The van der Waals surface area contributed by atoms with Crippen LogP contribution < -0.4 is 10.6 Å². The van der Waals surface area contributed by atoms with Crippen molar-refractivity contribution in [2.24, 2.45) is 0 Å². The average Bonchev–Trinajstić information content (AvgIpc) is 2.56. The molecule has 0 aliphatic heterocycles. The molecular weight excluding hydrogens is 335 g/mol. The van der Waals surface area contributed by atoms with Crippen molar-refractivity contribution < 1.29 is 22.8 Å². The maximum Gasteiger partial charge on any atom is 0.405 e. The summed E-state index contributed by atoms with van der Waals surface area (Å²) < 4.78 is 36.2. The molecule has 0 fully saturated rings. The molecule has 0 unspecified atom stereocenters. The Morgan fingerprint density at radius 3 is 2.48 bits per heavy atom. The van der Waals surface area contributed by atoms with Gasteiger partial charge in [0.05, 0.1) is 17.6 Å². The molecule has 2 N–H and O–H groups in total. The third kappa shape index (κ3) is 4.68. The smallest absolute Gasteiger partial charge is 0.345 e. The van der Waals surface area contributed by atoms with Crippen LogP contribution in [0, 0.1) is 6.92 Å². The van der Waals surface area contributed by atoms with Gasteiger partial charge in [-0.15, -0.1) is 0 Å². The summed E-state index contributed by atoms with van der Waals surface area (Å²) in [5.74, 6) is -1.43. The lowest BCUT2D eigenvalue weighted by Gasteiger charge is -2.14. The summed E-state index contributed by atoms with van der Waals surface area (Å²) >= 11 is 0. The molecule has 0 saturated heterocycles. The Labute approximate surface area is 142 Å². The van der Waals surface area contributed by atoms with E-state index in [9.17, 15) is 22.8 Å². The lowest BCUT2D eigenvalue weighted by molar-refractivity contribution is -0.137. The second-order valence-corrected chi connectivity index (χ2v) is 5.50. The van der Waals surface area contributed by atoms with Gasteiger partial charge in [-0.05, 0) is 25.0 Å². The van der Waals surface area contributed by atoms with Crippen molar-refractivity contribution in [2.45, 2.75) is 26.4 Å². The maximum absolute atomic E-state index is 12.5. The number of nitrogens with zero attached hydrogens (tertiary/aromatic N) is 1. The van der Waals surface area contributed by atoms with Crippen LogP contribution in [0.4, 0.5) is 13.2 Å². The highest BCUT2D eigenvalue weighted by Gasteiger charge is 2.27. The molecule has 25 heavy (non-hydrogen) atoms. The number of hydrogen-bond donors (Lipinski definition) is 2. The van der Waals surface area contributed by atoms with Crippen molar-refractivity contribution in [2.75, 3.05) is 13.1 Å². The molecule has 0 aliphatic rings. The number of aryl methyl sites for hydroxylation is 1. The van der Waals surface area contributed by atoms with E-state index in [2.05, 4.69) is 10.3 Å². The van der Waals surface area contributed by atoms with Gasteiger partial charge in [0.15, 0.2) is 0 Å². The fourth-order valence-electron chi connectivity index (χ4n) is 2.51. The predicted molar refractivity (Wildman–Crippen MR) is 87.3 cm³/mol. The summed E-state index contributed by atoms with van der Waals surface area (Å²) in [5, 5.41) is 4.72. The number of halogens is 3. The molecule has 2 rings (SSSR count). The number of benzene rings is 1. The van der Waals surface area contributed by atoms with Crippen LogP contribution in [0.15, 0.2) is 24.3 Å². The van der Waals surface area contributed by atoms with E-state index < -0.39 is 31.1 Å². The summed E-state index contributed by atoms with van der Waals surface area (Å²) in [6, 6.07) is 7.09. The van der Waals surface area contributed by atoms with E-state index in [0.717, 1.165) is 5.69 Å².